The molecule has 3 N–H and O–H groups in total. The van der Waals surface area contributed by atoms with Gasteiger partial charge in [-0.3, -0.25) is 14.9 Å². The molecule has 106 valence electrons. The molecule has 0 spiro atoms. The quantitative estimate of drug-likeness (QED) is 0.598. The molecule has 1 atom stereocenters. The van der Waals surface area contributed by atoms with E-state index in [1.165, 1.54) is 0 Å². The summed E-state index contributed by atoms with van der Waals surface area (Å²) in [6.07, 6.45) is 0.965. The lowest BCUT2D eigenvalue weighted by Gasteiger charge is -2.15. The first kappa shape index (κ1) is 16.9. The zero-order chi connectivity index (χ0) is 14.1. The van der Waals surface area contributed by atoms with Crippen LogP contribution in [0.1, 0.15) is 41.0 Å². The lowest BCUT2D eigenvalue weighted by Crippen LogP contribution is -2.47. The Balaban J connectivity index is 3.77. The fraction of sp³-hybridized carbons (Fsp3) is 0.846. The molecule has 0 saturated carbocycles. The maximum absolute atomic E-state index is 11.7. The van der Waals surface area contributed by atoms with E-state index in [0.29, 0.717) is 12.5 Å². The Hall–Kier alpha value is -1.10. The normalized spacial score (nSPS) is 12.6. The number of amides is 2. The van der Waals surface area contributed by atoms with E-state index in [1.807, 2.05) is 13.8 Å². The summed E-state index contributed by atoms with van der Waals surface area (Å²) in [5.41, 5.74) is 0. The van der Waals surface area contributed by atoms with E-state index in [1.54, 1.807) is 6.92 Å². The van der Waals surface area contributed by atoms with Crippen molar-refractivity contribution in [1.29, 1.82) is 0 Å². The molecule has 18 heavy (non-hydrogen) atoms. The molecule has 5 nitrogen and oxygen atoms in total. The maximum Gasteiger partial charge on any atom is 0.236 e. The molecule has 0 aliphatic carbocycles. The largest absolute Gasteiger partial charge is 0.355 e. The third kappa shape index (κ3) is 8.98. The number of hydrogen-bond donors (Lipinski definition) is 3. The predicted octanol–water partition coefficient (Wildman–Crippen LogP) is 0.651. The second-order valence-corrected chi connectivity index (χ2v) is 5.30. The lowest BCUT2D eigenvalue weighted by atomic mass is 10.1. The van der Waals surface area contributed by atoms with E-state index >= 15 is 0 Å². The van der Waals surface area contributed by atoms with Crippen LogP contribution in [0, 0.1) is 5.92 Å². The van der Waals surface area contributed by atoms with E-state index in [2.05, 4.69) is 29.8 Å². The molecule has 2 amide bonds. The van der Waals surface area contributed by atoms with Gasteiger partial charge in [-0.25, -0.2) is 0 Å². The summed E-state index contributed by atoms with van der Waals surface area (Å²) in [5.74, 6) is 0.421. The van der Waals surface area contributed by atoms with Crippen molar-refractivity contribution in [2.45, 2.75) is 53.1 Å². The second kappa shape index (κ2) is 8.91. The van der Waals surface area contributed by atoms with Gasteiger partial charge in [0.05, 0.1) is 12.6 Å². The Morgan fingerprint density at radius 2 is 1.67 bits per heavy atom. The molecular weight excluding hydrogens is 230 g/mol. The summed E-state index contributed by atoms with van der Waals surface area (Å²) in [6.45, 7) is 10.6. The number of nitrogens with one attached hydrogen (secondary N) is 3. The third-order valence-corrected chi connectivity index (χ3v) is 2.43. The summed E-state index contributed by atoms with van der Waals surface area (Å²) in [4.78, 5) is 23.0. The molecule has 0 aromatic rings. The lowest BCUT2D eigenvalue weighted by molar-refractivity contribution is -0.123. The molecule has 0 rings (SSSR count). The predicted molar refractivity (Wildman–Crippen MR) is 73.2 cm³/mol. The van der Waals surface area contributed by atoms with Gasteiger partial charge in [-0.05, 0) is 33.1 Å². The Bertz CT molecular complexity index is 265. The number of carbonyl (C=O) groups is 2. The topological polar surface area (TPSA) is 70.2 Å². The Morgan fingerprint density at radius 3 is 2.17 bits per heavy atom. The molecule has 5 heteroatoms. The zero-order valence-electron chi connectivity index (χ0n) is 12.2. The minimum absolute atomic E-state index is 0.0620. The van der Waals surface area contributed by atoms with E-state index in [9.17, 15) is 9.59 Å². The first-order valence-corrected chi connectivity index (χ1v) is 6.63. The average Bonchev–Trinajstić information content (AvgIpc) is 2.24. The van der Waals surface area contributed by atoms with Crippen molar-refractivity contribution >= 4 is 11.8 Å². The average molecular weight is 257 g/mol. The Labute approximate surface area is 110 Å². The molecule has 0 bridgehead atoms. The van der Waals surface area contributed by atoms with Crippen molar-refractivity contribution in [3.8, 4) is 0 Å². The van der Waals surface area contributed by atoms with Gasteiger partial charge < -0.3 is 10.6 Å². The van der Waals surface area contributed by atoms with Crippen molar-refractivity contribution in [1.82, 2.24) is 16.0 Å². The van der Waals surface area contributed by atoms with Crippen LogP contribution in [-0.4, -0.2) is 37.0 Å². The minimum atomic E-state index is -0.352. The van der Waals surface area contributed by atoms with Crippen molar-refractivity contribution < 1.29 is 9.59 Å². The van der Waals surface area contributed by atoms with Crippen LogP contribution in [0.5, 0.6) is 0 Å². The minimum Gasteiger partial charge on any atom is -0.355 e. The van der Waals surface area contributed by atoms with E-state index in [0.717, 1.165) is 6.42 Å². The molecule has 0 fully saturated rings. The highest BCUT2D eigenvalue weighted by molar-refractivity contribution is 5.83. The van der Waals surface area contributed by atoms with Crippen LogP contribution in [0.2, 0.25) is 0 Å². The summed E-state index contributed by atoms with van der Waals surface area (Å²) in [6, 6.07) is -0.232. The Morgan fingerprint density at radius 1 is 1.06 bits per heavy atom. The number of rotatable bonds is 8. The standard InChI is InChI=1S/C13H27N3O2/c1-9(2)6-7-14-13(18)11(5)15-8-12(17)16-10(3)4/h9-11,15H,6-8H2,1-5H3,(H,14,18)(H,16,17). The van der Waals surface area contributed by atoms with Gasteiger partial charge in [0.15, 0.2) is 0 Å². The SMILES string of the molecule is CC(C)CCNC(=O)C(C)NCC(=O)NC(C)C. The first-order chi connectivity index (χ1) is 8.32. The van der Waals surface area contributed by atoms with Crippen LogP contribution in [0.25, 0.3) is 0 Å². The molecule has 0 aromatic heterocycles. The highest BCUT2D eigenvalue weighted by Gasteiger charge is 2.13. The molecule has 0 aliphatic rings. The summed E-state index contributed by atoms with van der Waals surface area (Å²) >= 11 is 0. The van der Waals surface area contributed by atoms with Crippen molar-refractivity contribution in [3.63, 3.8) is 0 Å². The second-order valence-electron chi connectivity index (χ2n) is 5.30. The van der Waals surface area contributed by atoms with Gasteiger partial charge in [0.2, 0.25) is 11.8 Å². The monoisotopic (exact) mass is 257 g/mol. The van der Waals surface area contributed by atoms with E-state index in [-0.39, 0.29) is 30.4 Å². The fourth-order valence-electron chi connectivity index (χ4n) is 1.35. The van der Waals surface area contributed by atoms with Crippen molar-refractivity contribution in [2.75, 3.05) is 13.1 Å². The van der Waals surface area contributed by atoms with E-state index in [4.69, 9.17) is 0 Å². The van der Waals surface area contributed by atoms with Crippen molar-refractivity contribution in [2.24, 2.45) is 5.92 Å². The van der Waals surface area contributed by atoms with Gasteiger partial charge in [-0.1, -0.05) is 13.8 Å². The maximum atomic E-state index is 11.7. The molecule has 0 aromatic carbocycles. The van der Waals surface area contributed by atoms with Crippen molar-refractivity contribution in [3.05, 3.63) is 0 Å². The van der Waals surface area contributed by atoms with Gasteiger partial charge in [-0.15, -0.1) is 0 Å². The van der Waals surface area contributed by atoms with Gasteiger partial charge in [0.1, 0.15) is 0 Å². The highest BCUT2D eigenvalue weighted by Crippen LogP contribution is 1.96. The molecule has 0 saturated heterocycles. The summed E-state index contributed by atoms with van der Waals surface area (Å²) in [7, 11) is 0. The molecular formula is C13H27N3O2. The van der Waals surface area contributed by atoms with Gasteiger partial charge in [0.25, 0.3) is 0 Å². The number of carbonyl (C=O) groups excluding carboxylic acids is 2. The Kier molecular flexibility index (Phi) is 8.37. The summed E-state index contributed by atoms with van der Waals surface area (Å²) < 4.78 is 0. The third-order valence-electron chi connectivity index (χ3n) is 2.43. The molecule has 0 aliphatic heterocycles. The van der Waals surface area contributed by atoms with Crippen LogP contribution in [-0.2, 0) is 9.59 Å². The van der Waals surface area contributed by atoms with Gasteiger partial charge >= 0.3 is 0 Å². The van der Waals surface area contributed by atoms with Gasteiger partial charge in [-0.2, -0.15) is 0 Å². The zero-order valence-corrected chi connectivity index (χ0v) is 12.2. The molecule has 0 radical (unpaired) electrons. The smallest absolute Gasteiger partial charge is 0.236 e. The van der Waals surface area contributed by atoms with Crippen LogP contribution < -0.4 is 16.0 Å². The first-order valence-electron chi connectivity index (χ1n) is 6.63. The summed E-state index contributed by atoms with van der Waals surface area (Å²) in [5, 5.41) is 8.51. The molecule has 0 heterocycles. The highest BCUT2D eigenvalue weighted by atomic mass is 16.2. The fourth-order valence-corrected chi connectivity index (χ4v) is 1.35. The van der Waals surface area contributed by atoms with Crippen LogP contribution >= 0.6 is 0 Å². The van der Waals surface area contributed by atoms with Crippen LogP contribution in [0.15, 0.2) is 0 Å². The van der Waals surface area contributed by atoms with Crippen LogP contribution in [0.3, 0.4) is 0 Å². The number of hydrogen-bond acceptors (Lipinski definition) is 3. The van der Waals surface area contributed by atoms with E-state index < -0.39 is 0 Å². The van der Waals surface area contributed by atoms with Crippen LogP contribution in [0.4, 0.5) is 0 Å². The van der Waals surface area contributed by atoms with Gasteiger partial charge in [0, 0.05) is 12.6 Å². The molecule has 1 unspecified atom stereocenters.